The number of imide groups is 1. The molecular weight excluding hydrogens is 404 g/mol. The van der Waals surface area contributed by atoms with E-state index in [9.17, 15) is 14.4 Å². The highest BCUT2D eigenvalue weighted by molar-refractivity contribution is 6.11. The van der Waals surface area contributed by atoms with Gasteiger partial charge in [-0.2, -0.15) is 0 Å². The van der Waals surface area contributed by atoms with E-state index in [1.165, 1.54) is 6.92 Å². The predicted molar refractivity (Wildman–Crippen MR) is 124 cm³/mol. The number of nitrogens with one attached hydrogen (secondary N) is 1. The van der Waals surface area contributed by atoms with E-state index in [-0.39, 0.29) is 6.04 Å². The minimum absolute atomic E-state index is 0.00311. The number of rotatable bonds is 8. The summed E-state index contributed by atoms with van der Waals surface area (Å²) in [5.74, 6) is -0.762. The number of esters is 1. The highest BCUT2D eigenvalue weighted by Gasteiger charge is 2.26. The van der Waals surface area contributed by atoms with Gasteiger partial charge in [-0.3, -0.25) is 14.4 Å². The van der Waals surface area contributed by atoms with Crippen molar-refractivity contribution < 1.29 is 19.1 Å². The van der Waals surface area contributed by atoms with Gasteiger partial charge in [0, 0.05) is 24.1 Å². The molecule has 0 saturated heterocycles. The second-order valence-corrected chi connectivity index (χ2v) is 7.65. The van der Waals surface area contributed by atoms with Crippen molar-refractivity contribution in [3.8, 4) is 5.75 Å². The number of ether oxygens (including phenoxy) is 1. The van der Waals surface area contributed by atoms with Crippen molar-refractivity contribution in [2.75, 3.05) is 0 Å². The Hall–Kier alpha value is -3.51. The average molecular weight is 433 g/mol. The Bertz CT molecular complexity index is 1110. The maximum Gasteiger partial charge on any atom is 0.308 e. The number of hydrogen-bond donors (Lipinski definition) is 1. The number of hydrogen-bond acceptors (Lipinski definition) is 5. The van der Waals surface area contributed by atoms with Gasteiger partial charge in [0.25, 0.3) is 11.8 Å². The summed E-state index contributed by atoms with van der Waals surface area (Å²) < 4.78 is 5.13. The molecule has 3 rings (SSSR count). The molecular formula is C26H28N2O4. The normalized spacial score (nSPS) is 11.7. The summed E-state index contributed by atoms with van der Waals surface area (Å²) in [4.78, 5) is 37.9. The first kappa shape index (κ1) is 23.2. The first-order valence-corrected chi connectivity index (χ1v) is 10.8. The Kier molecular flexibility index (Phi) is 7.73. The maximum atomic E-state index is 13.4. The quantitative estimate of drug-likeness (QED) is 0.231. The summed E-state index contributed by atoms with van der Waals surface area (Å²) in [6.07, 6.45) is 2.57. The molecule has 0 aliphatic heterocycles. The number of hydrazine groups is 1. The van der Waals surface area contributed by atoms with Crippen LogP contribution in [-0.2, 0) is 4.79 Å². The van der Waals surface area contributed by atoms with Gasteiger partial charge in [0.05, 0.1) is 0 Å². The van der Waals surface area contributed by atoms with Gasteiger partial charge in [-0.25, -0.2) is 10.4 Å². The third-order valence-electron chi connectivity index (χ3n) is 5.19. The maximum absolute atomic E-state index is 13.4. The topological polar surface area (TPSA) is 75.7 Å². The van der Waals surface area contributed by atoms with Crippen molar-refractivity contribution in [1.29, 1.82) is 0 Å². The van der Waals surface area contributed by atoms with Crippen LogP contribution in [0.25, 0.3) is 10.8 Å². The van der Waals surface area contributed by atoms with Gasteiger partial charge in [-0.1, -0.05) is 50.6 Å². The summed E-state index contributed by atoms with van der Waals surface area (Å²) in [6.45, 7) is 5.45. The largest absolute Gasteiger partial charge is 0.427 e. The van der Waals surface area contributed by atoms with Gasteiger partial charge >= 0.3 is 5.97 Å². The fourth-order valence-electron chi connectivity index (χ4n) is 3.53. The Balaban J connectivity index is 1.94. The highest BCUT2D eigenvalue weighted by Crippen LogP contribution is 2.23. The van der Waals surface area contributed by atoms with Crippen LogP contribution in [-0.4, -0.2) is 28.8 Å². The number of carbonyl (C=O) groups is 3. The van der Waals surface area contributed by atoms with Crippen LogP contribution in [0.5, 0.6) is 5.75 Å². The van der Waals surface area contributed by atoms with E-state index >= 15 is 0 Å². The van der Waals surface area contributed by atoms with Crippen LogP contribution < -0.4 is 10.2 Å². The summed E-state index contributed by atoms with van der Waals surface area (Å²) in [7, 11) is 0. The molecule has 0 heterocycles. The number of carbonyl (C=O) groups excluding carboxylic acids is 3. The second kappa shape index (κ2) is 10.7. The standard InChI is InChI=1S/C26H28N2O4/c1-4-9-23(5-2)27-28(25(30)19-10-7-6-8-11-19)26(31)22-13-12-21-17-24(32-18(3)29)15-14-20(21)16-22/h6-8,10-17,23,27H,4-5,9H2,1-3H3. The van der Waals surface area contributed by atoms with Gasteiger partial charge in [0.2, 0.25) is 0 Å². The Morgan fingerprint density at radius 1 is 0.875 bits per heavy atom. The smallest absolute Gasteiger partial charge is 0.308 e. The van der Waals surface area contributed by atoms with E-state index in [0.717, 1.165) is 35.0 Å². The zero-order valence-corrected chi connectivity index (χ0v) is 18.6. The molecule has 0 radical (unpaired) electrons. The predicted octanol–water partition coefficient (Wildman–Crippen LogP) is 5.13. The Morgan fingerprint density at radius 3 is 2.19 bits per heavy atom. The summed E-state index contributed by atoms with van der Waals surface area (Å²) in [5.41, 5.74) is 3.98. The first-order valence-electron chi connectivity index (χ1n) is 10.8. The fourth-order valence-corrected chi connectivity index (χ4v) is 3.53. The molecule has 0 aliphatic rings. The van der Waals surface area contributed by atoms with Gasteiger partial charge in [0.1, 0.15) is 5.75 Å². The summed E-state index contributed by atoms with van der Waals surface area (Å²) >= 11 is 0. The number of amides is 2. The van der Waals surface area contributed by atoms with Crippen LogP contribution in [0.15, 0.2) is 66.7 Å². The number of nitrogens with zero attached hydrogens (tertiary/aromatic N) is 1. The van der Waals surface area contributed by atoms with Crippen LogP contribution in [0.2, 0.25) is 0 Å². The van der Waals surface area contributed by atoms with Crippen molar-refractivity contribution in [3.05, 3.63) is 77.9 Å². The third kappa shape index (κ3) is 5.59. The lowest BCUT2D eigenvalue weighted by Crippen LogP contribution is -2.51. The summed E-state index contributed by atoms with van der Waals surface area (Å²) in [6, 6.07) is 19.2. The van der Waals surface area contributed by atoms with Crippen LogP contribution in [0.3, 0.4) is 0 Å². The number of benzene rings is 3. The minimum atomic E-state index is -0.417. The van der Waals surface area contributed by atoms with Crippen LogP contribution in [0, 0.1) is 0 Å². The third-order valence-corrected chi connectivity index (χ3v) is 5.19. The molecule has 1 unspecified atom stereocenters. The Labute approximate surface area is 188 Å². The molecule has 2 amide bonds. The van der Waals surface area contributed by atoms with E-state index in [4.69, 9.17) is 4.74 Å². The monoisotopic (exact) mass is 432 g/mol. The van der Waals surface area contributed by atoms with Crippen molar-refractivity contribution >= 4 is 28.6 Å². The molecule has 0 fully saturated rings. The van der Waals surface area contributed by atoms with Crippen molar-refractivity contribution in [1.82, 2.24) is 10.4 Å². The molecule has 6 nitrogen and oxygen atoms in total. The van der Waals surface area contributed by atoms with Crippen molar-refractivity contribution in [2.24, 2.45) is 0 Å². The molecule has 1 atom stereocenters. The van der Waals surface area contributed by atoms with Gasteiger partial charge in [-0.05, 0) is 60.0 Å². The molecule has 0 aromatic heterocycles. The van der Waals surface area contributed by atoms with Crippen LogP contribution in [0.1, 0.15) is 60.7 Å². The second-order valence-electron chi connectivity index (χ2n) is 7.65. The van der Waals surface area contributed by atoms with Crippen LogP contribution >= 0.6 is 0 Å². The zero-order chi connectivity index (χ0) is 23.1. The van der Waals surface area contributed by atoms with E-state index in [1.54, 1.807) is 60.7 Å². The lowest BCUT2D eigenvalue weighted by atomic mass is 10.1. The highest BCUT2D eigenvalue weighted by atomic mass is 16.5. The number of fused-ring (bicyclic) bond motifs is 1. The molecule has 32 heavy (non-hydrogen) atoms. The fraction of sp³-hybridized carbons (Fsp3) is 0.269. The minimum Gasteiger partial charge on any atom is -0.427 e. The van der Waals surface area contributed by atoms with E-state index in [2.05, 4.69) is 12.3 Å². The van der Waals surface area contributed by atoms with Crippen molar-refractivity contribution in [2.45, 2.75) is 46.1 Å². The van der Waals surface area contributed by atoms with Crippen LogP contribution in [0.4, 0.5) is 0 Å². The van der Waals surface area contributed by atoms with E-state index in [1.807, 2.05) is 13.0 Å². The zero-order valence-electron chi connectivity index (χ0n) is 18.6. The van der Waals surface area contributed by atoms with Gasteiger partial charge in [0.15, 0.2) is 0 Å². The summed E-state index contributed by atoms with van der Waals surface area (Å²) in [5, 5.41) is 2.76. The molecule has 0 aliphatic carbocycles. The molecule has 0 saturated carbocycles. The molecule has 166 valence electrons. The lowest BCUT2D eigenvalue weighted by molar-refractivity contribution is -0.131. The SMILES string of the molecule is CCCC(CC)NN(C(=O)c1ccccc1)C(=O)c1ccc2cc(OC(C)=O)ccc2c1. The Morgan fingerprint density at radius 2 is 1.53 bits per heavy atom. The molecule has 3 aromatic rings. The van der Waals surface area contributed by atoms with Gasteiger partial charge < -0.3 is 4.74 Å². The molecule has 6 heteroatoms. The first-order chi connectivity index (χ1) is 15.4. The average Bonchev–Trinajstić information content (AvgIpc) is 2.80. The van der Waals surface area contributed by atoms with E-state index < -0.39 is 17.8 Å². The molecule has 3 aromatic carbocycles. The van der Waals surface area contributed by atoms with Gasteiger partial charge in [-0.15, -0.1) is 0 Å². The van der Waals surface area contributed by atoms with Crippen molar-refractivity contribution in [3.63, 3.8) is 0 Å². The molecule has 0 bridgehead atoms. The van der Waals surface area contributed by atoms with E-state index in [0.29, 0.717) is 16.9 Å². The molecule has 1 N–H and O–H groups in total. The lowest BCUT2D eigenvalue weighted by Gasteiger charge is -2.27. The molecule has 0 spiro atoms.